The van der Waals surface area contributed by atoms with Crippen molar-refractivity contribution in [3.05, 3.63) is 59.7 Å². The molecule has 1 amide bonds. The number of carbonyl (C=O) groups is 1. The van der Waals surface area contributed by atoms with Crippen LogP contribution in [-0.2, 0) is 19.0 Å². The van der Waals surface area contributed by atoms with Crippen molar-refractivity contribution in [1.29, 1.82) is 0 Å². The third-order valence-corrected chi connectivity index (χ3v) is 7.09. The standard InChI is InChI=1S/C30H35ClFN5O5/c1-3-39-28-15-37(16-29(42-28)40-4-2)11-5-6-27(38)36-25-13-21-24(14-26(25)41-17-19-7-8-19)33-18-34-30(21)35-20-9-10-23(32)22(31)12-20/h5-6,9-10,12-14,18-19,28-29H,3-4,7-8,11,15-17H2,1-2H3,(H,36,38)(H,33,34,35)/b6-5+. The van der Waals surface area contributed by atoms with Crippen LogP contribution >= 0.6 is 11.6 Å². The molecule has 2 atom stereocenters. The second-order valence-corrected chi connectivity index (χ2v) is 10.5. The van der Waals surface area contributed by atoms with Gasteiger partial charge in [-0.2, -0.15) is 0 Å². The molecule has 2 aliphatic rings. The molecule has 0 radical (unpaired) electrons. The largest absolute Gasteiger partial charge is 0.491 e. The maximum atomic E-state index is 13.7. The van der Waals surface area contributed by atoms with Crippen LogP contribution in [0.1, 0.15) is 26.7 Å². The van der Waals surface area contributed by atoms with Gasteiger partial charge in [-0.05, 0) is 56.9 Å². The Hall–Kier alpha value is -3.35. The summed E-state index contributed by atoms with van der Waals surface area (Å²) < 4.78 is 36.9. The van der Waals surface area contributed by atoms with Gasteiger partial charge in [-0.15, -0.1) is 0 Å². The number of carbonyl (C=O) groups excluding carboxylic acids is 1. The first kappa shape index (κ1) is 30.1. The van der Waals surface area contributed by atoms with Gasteiger partial charge in [0.05, 0.1) is 35.9 Å². The van der Waals surface area contributed by atoms with E-state index in [2.05, 4.69) is 25.5 Å². The fourth-order valence-electron chi connectivity index (χ4n) is 4.54. The van der Waals surface area contributed by atoms with E-state index in [1.165, 1.54) is 24.5 Å². The van der Waals surface area contributed by atoms with Crippen molar-refractivity contribution in [3.63, 3.8) is 0 Å². The minimum Gasteiger partial charge on any atom is -0.491 e. The number of morpholine rings is 1. The number of ether oxygens (including phenoxy) is 4. The fraction of sp³-hybridized carbons (Fsp3) is 0.433. The van der Waals surface area contributed by atoms with Gasteiger partial charge in [0.15, 0.2) is 12.6 Å². The molecule has 1 aromatic heterocycles. The van der Waals surface area contributed by atoms with Crippen LogP contribution in [0, 0.1) is 11.7 Å². The third-order valence-electron chi connectivity index (χ3n) is 6.80. The van der Waals surface area contributed by atoms with E-state index in [0.29, 0.717) is 79.2 Å². The van der Waals surface area contributed by atoms with Crippen LogP contribution in [0.2, 0.25) is 5.02 Å². The van der Waals surface area contributed by atoms with E-state index >= 15 is 0 Å². The van der Waals surface area contributed by atoms with Crippen LogP contribution in [0.15, 0.2) is 48.8 Å². The van der Waals surface area contributed by atoms with Gasteiger partial charge in [-0.1, -0.05) is 17.7 Å². The molecule has 1 saturated carbocycles. The first-order valence-electron chi connectivity index (χ1n) is 14.1. The number of aromatic nitrogens is 2. The highest BCUT2D eigenvalue weighted by molar-refractivity contribution is 6.31. The lowest BCUT2D eigenvalue weighted by Crippen LogP contribution is -2.49. The summed E-state index contributed by atoms with van der Waals surface area (Å²) in [5.41, 5.74) is 1.68. The molecule has 1 aliphatic heterocycles. The Kier molecular flexibility index (Phi) is 10.2. The van der Waals surface area contributed by atoms with Crippen LogP contribution in [0.5, 0.6) is 5.75 Å². The van der Waals surface area contributed by atoms with E-state index in [0.717, 1.165) is 12.8 Å². The maximum Gasteiger partial charge on any atom is 0.248 e. The van der Waals surface area contributed by atoms with Crippen LogP contribution < -0.4 is 15.4 Å². The molecule has 2 aromatic carbocycles. The Morgan fingerprint density at radius 2 is 1.90 bits per heavy atom. The molecule has 10 nitrogen and oxygen atoms in total. The Labute approximate surface area is 249 Å². The van der Waals surface area contributed by atoms with Crippen molar-refractivity contribution in [2.45, 2.75) is 39.3 Å². The van der Waals surface area contributed by atoms with Crippen LogP contribution in [0.25, 0.3) is 10.9 Å². The maximum absolute atomic E-state index is 13.7. The summed E-state index contributed by atoms with van der Waals surface area (Å²) >= 11 is 5.96. The first-order chi connectivity index (χ1) is 20.4. The Balaban J connectivity index is 1.32. The van der Waals surface area contributed by atoms with Gasteiger partial charge in [0.1, 0.15) is 23.7 Å². The van der Waals surface area contributed by atoms with Crippen molar-refractivity contribution >= 4 is 45.6 Å². The van der Waals surface area contributed by atoms with Gasteiger partial charge in [0.2, 0.25) is 5.91 Å². The summed E-state index contributed by atoms with van der Waals surface area (Å²) in [4.78, 5) is 23.9. The van der Waals surface area contributed by atoms with Gasteiger partial charge in [0, 0.05) is 43.0 Å². The zero-order valence-electron chi connectivity index (χ0n) is 23.6. The average molecular weight is 600 g/mol. The quantitative estimate of drug-likeness (QED) is 0.246. The highest BCUT2D eigenvalue weighted by Gasteiger charge is 2.28. The van der Waals surface area contributed by atoms with E-state index in [1.54, 1.807) is 24.3 Å². The van der Waals surface area contributed by atoms with E-state index < -0.39 is 5.82 Å². The fourth-order valence-corrected chi connectivity index (χ4v) is 4.72. The van der Waals surface area contributed by atoms with Crippen molar-refractivity contribution in [2.24, 2.45) is 5.92 Å². The third kappa shape index (κ3) is 8.14. The number of halogens is 2. The number of hydrogen-bond donors (Lipinski definition) is 2. The molecule has 2 N–H and O–H groups in total. The lowest BCUT2D eigenvalue weighted by Gasteiger charge is -2.36. The average Bonchev–Trinajstić information content (AvgIpc) is 3.79. The monoisotopic (exact) mass is 599 g/mol. The normalized spacial score (nSPS) is 19.3. The molecule has 224 valence electrons. The number of fused-ring (bicyclic) bond motifs is 1. The number of hydrogen-bond acceptors (Lipinski definition) is 9. The first-order valence-corrected chi connectivity index (χ1v) is 14.5. The summed E-state index contributed by atoms with van der Waals surface area (Å²) in [6.07, 6.45) is 6.21. The van der Waals surface area contributed by atoms with Crippen LogP contribution in [0.4, 0.5) is 21.6 Å². The van der Waals surface area contributed by atoms with Gasteiger partial charge < -0.3 is 29.6 Å². The molecule has 3 aromatic rings. The van der Waals surface area contributed by atoms with Crippen LogP contribution in [-0.4, -0.2) is 72.8 Å². The smallest absolute Gasteiger partial charge is 0.248 e. The second-order valence-electron chi connectivity index (χ2n) is 10.1. The summed E-state index contributed by atoms with van der Waals surface area (Å²) in [6.45, 7) is 7.13. The number of nitrogens with zero attached hydrogens (tertiary/aromatic N) is 3. The summed E-state index contributed by atoms with van der Waals surface area (Å²) in [6, 6.07) is 7.89. The number of anilines is 3. The van der Waals surface area contributed by atoms with Crippen molar-refractivity contribution in [2.75, 3.05) is 50.1 Å². The van der Waals surface area contributed by atoms with E-state index in [-0.39, 0.29) is 23.5 Å². The van der Waals surface area contributed by atoms with Gasteiger partial charge >= 0.3 is 0 Å². The molecule has 2 heterocycles. The van der Waals surface area contributed by atoms with Gasteiger partial charge in [-0.25, -0.2) is 14.4 Å². The molecule has 42 heavy (non-hydrogen) atoms. The molecule has 0 bridgehead atoms. The minimum atomic E-state index is -0.512. The van der Waals surface area contributed by atoms with Gasteiger partial charge in [0.25, 0.3) is 0 Å². The Bertz CT molecular complexity index is 1410. The van der Waals surface area contributed by atoms with E-state index in [9.17, 15) is 9.18 Å². The lowest BCUT2D eigenvalue weighted by molar-refractivity contribution is -0.276. The van der Waals surface area contributed by atoms with Crippen molar-refractivity contribution in [1.82, 2.24) is 14.9 Å². The molecule has 2 unspecified atom stereocenters. The predicted molar refractivity (Wildman–Crippen MR) is 159 cm³/mol. The summed E-state index contributed by atoms with van der Waals surface area (Å²) in [7, 11) is 0. The molecule has 1 aliphatic carbocycles. The zero-order chi connectivity index (χ0) is 29.5. The van der Waals surface area contributed by atoms with Crippen molar-refractivity contribution < 1.29 is 28.1 Å². The van der Waals surface area contributed by atoms with Crippen molar-refractivity contribution in [3.8, 4) is 5.75 Å². The number of rotatable bonds is 13. The zero-order valence-corrected chi connectivity index (χ0v) is 24.4. The number of benzene rings is 2. The molecule has 0 spiro atoms. The Morgan fingerprint density at radius 1 is 1.14 bits per heavy atom. The molecular formula is C30H35ClFN5O5. The SMILES string of the molecule is CCOC1CN(C/C=C/C(=O)Nc2cc3c(Nc4ccc(F)c(Cl)c4)ncnc3cc2OCC2CC2)CC(OCC)O1. The minimum absolute atomic E-state index is 0.00670. The summed E-state index contributed by atoms with van der Waals surface area (Å²) in [5.74, 6) is 0.699. The Morgan fingerprint density at radius 3 is 2.60 bits per heavy atom. The van der Waals surface area contributed by atoms with E-state index in [4.69, 9.17) is 30.5 Å². The number of amides is 1. The number of nitrogens with one attached hydrogen (secondary N) is 2. The lowest BCUT2D eigenvalue weighted by atomic mass is 10.1. The molecular weight excluding hydrogens is 565 g/mol. The molecule has 5 rings (SSSR count). The predicted octanol–water partition coefficient (Wildman–Crippen LogP) is 5.51. The highest BCUT2D eigenvalue weighted by atomic mass is 35.5. The molecule has 1 saturated heterocycles. The van der Waals surface area contributed by atoms with Gasteiger partial charge in [-0.3, -0.25) is 9.69 Å². The van der Waals surface area contributed by atoms with E-state index in [1.807, 2.05) is 13.8 Å². The highest BCUT2D eigenvalue weighted by Crippen LogP contribution is 2.36. The second kappa shape index (κ2) is 14.2. The van der Waals surface area contributed by atoms with Crippen LogP contribution in [0.3, 0.4) is 0 Å². The molecule has 2 fully saturated rings. The molecule has 12 heteroatoms. The summed E-state index contributed by atoms with van der Waals surface area (Å²) in [5, 5.41) is 6.76. The topological polar surface area (TPSA) is 107 Å².